The average Bonchev–Trinajstić information content (AvgIpc) is 2.08. The van der Waals surface area contributed by atoms with Gasteiger partial charge in [-0.25, -0.2) is 8.42 Å². The van der Waals surface area contributed by atoms with E-state index < -0.39 is 21.1 Å². The van der Waals surface area contributed by atoms with Crippen LogP contribution < -0.4 is 5.11 Å². The first kappa shape index (κ1) is 7.53. The molecule has 1 unspecified atom stereocenters. The predicted octanol–water partition coefficient (Wildman–Crippen LogP) is -1.69. The number of hydrogen-bond donors (Lipinski definition) is 0. The summed E-state index contributed by atoms with van der Waals surface area (Å²) in [5, 5.41) is 8.88. The summed E-state index contributed by atoms with van der Waals surface area (Å²) in [6.07, 6.45) is 0.658. The van der Waals surface area contributed by atoms with Crippen LogP contribution in [-0.4, -0.2) is 25.4 Å². The van der Waals surface area contributed by atoms with Gasteiger partial charge in [-0.1, -0.05) is 0 Å². The zero-order chi connectivity index (χ0) is 7.78. The summed E-state index contributed by atoms with van der Waals surface area (Å²) in [5.41, 5.74) is 0. The van der Waals surface area contributed by atoms with Crippen molar-refractivity contribution in [3.05, 3.63) is 0 Å². The number of carbonyl (C=O) groups excluding carboxylic acids is 1. The number of carboxylic acid groups (broad SMARTS) is 1. The smallest absolute Gasteiger partial charge is 0.158 e. The fraction of sp³-hybridized carbons (Fsp3) is 0.800. The van der Waals surface area contributed by atoms with Crippen molar-refractivity contribution in [3.8, 4) is 0 Å². The topological polar surface area (TPSA) is 74.3 Å². The number of carbonyl (C=O) groups is 1. The third-order valence-corrected chi connectivity index (χ3v) is 3.74. The molecule has 5 heteroatoms. The Morgan fingerprint density at radius 1 is 1.50 bits per heavy atom. The Balaban J connectivity index is 2.90. The van der Waals surface area contributed by atoms with Crippen LogP contribution >= 0.6 is 0 Å². The molecule has 1 aliphatic heterocycles. The van der Waals surface area contributed by atoms with E-state index in [9.17, 15) is 18.3 Å². The summed E-state index contributed by atoms with van der Waals surface area (Å²) in [6.45, 7) is 0. The normalized spacial score (nSPS) is 30.2. The van der Waals surface area contributed by atoms with E-state index in [-0.39, 0.29) is 12.2 Å². The summed E-state index contributed by atoms with van der Waals surface area (Å²) < 4.78 is 21.6. The minimum atomic E-state index is -3.35. The second-order valence-corrected chi connectivity index (χ2v) is 4.62. The van der Waals surface area contributed by atoms with Crippen molar-refractivity contribution in [1.82, 2.24) is 0 Å². The molecule has 0 amide bonds. The quantitative estimate of drug-likeness (QED) is 0.462. The zero-order valence-corrected chi connectivity index (χ0v) is 6.06. The van der Waals surface area contributed by atoms with Crippen molar-refractivity contribution in [3.63, 3.8) is 0 Å². The fourth-order valence-electron chi connectivity index (χ4n) is 1.06. The molecule has 0 bridgehead atoms. The standard InChI is InChI=1S/C5H8O4S/c6-5(7)4-2-1-3-10(4,8)9/h4H,1-3H2,(H,6,7)/p-1. The largest absolute Gasteiger partial charge is 0.549 e. The molecule has 1 aliphatic rings. The fourth-order valence-corrected chi connectivity index (χ4v) is 2.73. The summed E-state index contributed by atoms with van der Waals surface area (Å²) in [5.74, 6) is -1.47. The zero-order valence-electron chi connectivity index (χ0n) is 5.24. The van der Waals surface area contributed by atoms with Gasteiger partial charge in [0.2, 0.25) is 0 Å². The van der Waals surface area contributed by atoms with Crippen LogP contribution in [0, 0.1) is 0 Å². The number of aliphatic carboxylic acids is 1. The molecule has 10 heavy (non-hydrogen) atoms. The maximum atomic E-state index is 10.8. The van der Waals surface area contributed by atoms with Crippen molar-refractivity contribution in [2.24, 2.45) is 0 Å². The molecule has 1 heterocycles. The third-order valence-electron chi connectivity index (χ3n) is 1.59. The van der Waals surface area contributed by atoms with E-state index in [4.69, 9.17) is 0 Å². The lowest BCUT2D eigenvalue weighted by molar-refractivity contribution is -0.304. The Hall–Kier alpha value is -0.580. The van der Waals surface area contributed by atoms with Gasteiger partial charge in [0.25, 0.3) is 0 Å². The van der Waals surface area contributed by atoms with Crippen LogP contribution in [0.5, 0.6) is 0 Å². The van der Waals surface area contributed by atoms with Gasteiger partial charge in [0.05, 0.1) is 11.7 Å². The van der Waals surface area contributed by atoms with Crippen LogP contribution in [0.3, 0.4) is 0 Å². The molecule has 0 aromatic rings. The van der Waals surface area contributed by atoms with Crippen LogP contribution in [0.2, 0.25) is 0 Å². The van der Waals surface area contributed by atoms with Gasteiger partial charge in [0.1, 0.15) is 5.25 Å². The van der Waals surface area contributed by atoms with Gasteiger partial charge >= 0.3 is 0 Å². The maximum absolute atomic E-state index is 10.8. The van der Waals surface area contributed by atoms with Gasteiger partial charge in [0, 0.05) is 0 Å². The monoisotopic (exact) mass is 163 g/mol. The lowest BCUT2D eigenvalue weighted by atomic mass is 10.3. The molecule has 0 spiro atoms. The number of carboxylic acids is 1. The van der Waals surface area contributed by atoms with Gasteiger partial charge < -0.3 is 9.90 Å². The average molecular weight is 163 g/mol. The first-order valence-electron chi connectivity index (χ1n) is 2.96. The second kappa shape index (κ2) is 2.23. The van der Waals surface area contributed by atoms with E-state index in [0.29, 0.717) is 6.42 Å². The highest BCUT2D eigenvalue weighted by molar-refractivity contribution is 7.93. The summed E-state index contributed by atoms with van der Waals surface area (Å²) in [6, 6.07) is 0. The van der Waals surface area contributed by atoms with Crippen LogP contribution in [-0.2, 0) is 14.6 Å². The highest BCUT2D eigenvalue weighted by Gasteiger charge is 2.31. The predicted molar refractivity (Wildman–Crippen MR) is 31.8 cm³/mol. The van der Waals surface area contributed by atoms with Crippen molar-refractivity contribution in [2.75, 3.05) is 5.75 Å². The highest BCUT2D eigenvalue weighted by atomic mass is 32.2. The number of hydrogen-bond acceptors (Lipinski definition) is 4. The van der Waals surface area contributed by atoms with Crippen LogP contribution in [0.1, 0.15) is 12.8 Å². The van der Waals surface area contributed by atoms with Crippen molar-refractivity contribution in [2.45, 2.75) is 18.1 Å². The van der Waals surface area contributed by atoms with E-state index in [1.54, 1.807) is 0 Å². The van der Waals surface area contributed by atoms with Gasteiger partial charge in [0.15, 0.2) is 9.84 Å². The van der Waals surface area contributed by atoms with E-state index in [1.165, 1.54) is 0 Å². The van der Waals surface area contributed by atoms with Gasteiger partial charge in [-0.05, 0) is 12.8 Å². The Morgan fingerprint density at radius 3 is 2.30 bits per heavy atom. The Morgan fingerprint density at radius 2 is 2.10 bits per heavy atom. The van der Waals surface area contributed by atoms with Crippen LogP contribution in [0.25, 0.3) is 0 Å². The molecular weight excluding hydrogens is 156 g/mol. The molecule has 58 valence electrons. The molecule has 1 fully saturated rings. The molecule has 4 nitrogen and oxygen atoms in total. The molecule has 0 N–H and O–H groups in total. The van der Waals surface area contributed by atoms with Gasteiger partial charge in [-0.2, -0.15) is 0 Å². The molecule has 0 aliphatic carbocycles. The maximum Gasteiger partial charge on any atom is 0.158 e. The summed E-state index contributed by atoms with van der Waals surface area (Å²) in [4.78, 5) is 10.1. The lowest BCUT2D eigenvalue weighted by Gasteiger charge is -2.08. The third kappa shape index (κ3) is 1.13. The molecule has 1 saturated heterocycles. The Kier molecular flexibility index (Phi) is 1.68. The highest BCUT2D eigenvalue weighted by Crippen LogP contribution is 2.18. The second-order valence-electron chi connectivity index (χ2n) is 2.32. The van der Waals surface area contributed by atoms with Crippen molar-refractivity contribution < 1.29 is 18.3 Å². The first-order chi connectivity index (χ1) is 4.54. The molecule has 0 radical (unpaired) electrons. The summed E-state index contributed by atoms with van der Waals surface area (Å²) >= 11 is 0. The van der Waals surface area contributed by atoms with Gasteiger partial charge in [-0.3, -0.25) is 0 Å². The van der Waals surface area contributed by atoms with E-state index in [2.05, 4.69) is 0 Å². The van der Waals surface area contributed by atoms with Crippen molar-refractivity contribution in [1.29, 1.82) is 0 Å². The molecule has 0 aromatic carbocycles. The lowest BCUT2D eigenvalue weighted by Crippen LogP contribution is -2.38. The first-order valence-corrected chi connectivity index (χ1v) is 4.68. The SMILES string of the molecule is O=C([O-])C1CCCS1(=O)=O. The van der Waals surface area contributed by atoms with E-state index in [1.807, 2.05) is 0 Å². The van der Waals surface area contributed by atoms with E-state index in [0.717, 1.165) is 0 Å². The summed E-state index contributed by atoms with van der Waals surface area (Å²) in [7, 11) is -3.35. The molecule has 0 saturated carbocycles. The van der Waals surface area contributed by atoms with Crippen LogP contribution in [0.4, 0.5) is 0 Å². The Labute approximate surface area is 58.8 Å². The molecule has 1 atom stereocenters. The van der Waals surface area contributed by atoms with Crippen LogP contribution in [0.15, 0.2) is 0 Å². The number of rotatable bonds is 1. The molecule has 1 rings (SSSR count). The minimum absolute atomic E-state index is 0.00829. The van der Waals surface area contributed by atoms with Crippen molar-refractivity contribution >= 4 is 15.8 Å². The van der Waals surface area contributed by atoms with Gasteiger partial charge in [-0.15, -0.1) is 0 Å². The van der Waals surface area contributed by atoms with E-state index >= 15 is 0 Å². The number of sulfone groups is 1. The Bertz CT molecular complexity index is 240. The molecule has 0 aromatic heterocycles. The minimum Gasteiger partial charge on any atom is -0.549 e. The molecular formula is C5H7O4S-.